The average molecular weight is 732 g/mol. The Labute approximate surface area is 310 Å². The molecule has 0 spiro atoms. The Morgan fingerprint density at radius 2 is 1.83 bits per heavy atom. The van der Waals surface area contributed by atoms with Gasteiger partial charge in [0.05, 0.1) is 19.6 Å². The Hall–Kier alpha value is -5.17. The van der Waals surface area contributed by atoms with Crippen LogP contribution in [0.4, 0.5) is 14.9 Å². The first-order valence-corrected chi connectivity index (χ1v) is 18.1. The number of cyclic esters (lactones) is 1. The summed E-state index contributed by atoms with van der Waals surface area (Å²) in [5.41, 5.74) is 2.84. The van der Waals surface area contributed by atoms with Crippen LogP contribution in [0.1, 0.15) is 51.2 Å². The standard InChI is InChI=1S/C40H50FN5O7/c1-27-6-10-34(47)24-38(49)53-39(28(2)7-13-36(27)52-40(50)42-25-30-8-11-35(51-4)12-9-30)29(3)20-31-21-32(41)23-33(22-31)44-16-18-45(19-17-44)37(48)26-46-15-5-14-43-46/h5,7-9,11-15,20-23,27-28,34,36,39,47H,6,10,16-19,24-26H2,1-4H3,(H,42,50)/b13-7+,29-20+/t27-,28-,34+,36-,39-/m0/s1. The maximum absolute atomic E-state index is 15.0. The van der Waals surface area contributed by atoms with E-state index in [-0.39, 0.29) is 37.3 Å². The number of carbonyl (C=O) groups is 3. The van der Waals surface area contributed by atoms with Crippen molar-refractivity contribution in [2.45, 2.75) is 71.4 Å². The maximum atomic E-state index is 15.0. The van der Waals surface area contributed by atoms with E-state index in [0.29, 0.717) is 55.8 Å². The quantitative estimate of drug-likeness (QED) is 0.220. The number of aliphatic hydroxyl groups is 1. The number of piperazine rings is 1. The highest BCUT2D eigenvalue weighted by atomic mass is 19.1. The third kappa shape index (κ3) is 11.4. The fourth-order valence-electron chi connectivity index (χ4n) is 6.59. The zero-order valence-electron chi connectivity index (χ0n) is 30.8. The zero-order valence-corrected chi connectivity index (χ0v) is 30.8. The number of hydrogen-bond acceptors (Lipinski definition) is 9. The zero-order chi connectivity index (χ0) is 37.9. The summed E-state index contributed by atoms with van der Waals surface area (Å²) in [6.07, 6.45) is 6.68. The molecule has 13 heteroatoms. The van der Waals surface area contributed by atoms with Crippen LogP contribution < -0.4 is 15.0 Å². The van der Waals surface area contributed by atoms with Gasteiger partial charge in [-0.05, 0) is 84.9 Å². The minimum Gasteiger partial charge on any atom is -0.497 e. The lowest BCUT2D eigenvalue weighted by Crippen LogP contribution is -2.49. The first-order valence-electron chi connectivity index (χ1n) is 18.1. The SMILES string of the molecule is COc1ccc(CNC(=O)O[C@H]2/C=C/[C@H](C)[C@@H](/C(C)=C/c3cc(F)cc(N4CCN(C(=O)Cn5cccn5)CC4)c3)OC(=O)C[C@H](O)CC[C@@H]2C)cc1. The fourth-order valence-corrected chi connectivity index (χ4v) is 6.59. The molecular formula is C40H50FN5O7. The fraction of sp³-hybridized carbons (Fsp3) is 0.450. The number of aromatic nitrogens is 2. The molecule has 2 amide bonds. The molecule has 2 N–H and O–H groups in total. The molecule has 2 aliphatic rings. The number of esters is 1. The van der Waals surface area contributed by atoms with Crippen LogP contribution in [-0.2, 0) is 32.2 Å². The van der Waals surface area contributed by atoms with Crippen molar-refractivity contribution in [3.05, 3.63) is 95.6 Å². The van der Waals surface area contributed by atoms with Gasteiger partial charge in [-0.2, -0.15) is 5.10 Å². The molecule has 2 aliphatic heterocycles. The van der Waals surface area contributed by atoms with E-state index >= 15 is 4.39 Å². The van der Waals surface area contributed by atoms with Crippen molar-refractivity contribution < 1.29 is 38.1 Å². The van der Waals surface area contributed by atoms with E-state index in [1.165, 1.54) is 12.1 Å². The van der Waals surface area contributed by atoms with Gasteiger partial charge in [-0.25, -0.2) is 9.18 Å². The number of amides is 2. The van der Waals surface area contributed by atoms with Gasteiger partial charge in [0.2, 0.25) is 5.91 Å². The van der Waals surface area contributed by atoms with E-state index in [2.05, 4.69) is 10.4 Å². The molecule has 53 heavy (non-hydrogen) atoms. The molecule has 0 radical (unpaired) electrons. The lowest BCUT2D eigenvalue weighted by atomic mass is 9.91. The summed E-state index contributed by atoms with van der Waals surface area (Å²) in [7, 11) is 1.59. The number of nitrogens with zero attached hydrogens (tertiary/aromatic N) is 4. The first kappa shape index (κ1) is 39.0. The number of alkyl carbamates (subject to hydrolysis) is 1. The largest absolute Gasteiger partial charge is 0.497 e. The minimum atomic E-state index is -0.926. The molecule has 5 rings (SSSR count). The normalized spacial score (nSPS) is 23.6. The second-order valence-electron chi connectivity index (χ2n) is 13.8. The number of carbonyl (C=O) groups excluding carboxylic acids is 3. The number of ether oxygens (including phenoxy) is 3. The van der Waals surface area contributed by atoms with E-state index in [1.54, 1.807) is 41.2 Å². The topological polar surface area (TPSA) is 135 Å². The molecule has 3 heterocycles. The molecule has 1 aromatic heterocycles. The van der Waals surface area contributed by atoms with Crippen LogP contribution in [0.3, 0.4) is 0 Å². The minimum absolute atomic E-state index is 0.0190. The van der Waals surface area contributed by atoms with E-state index in [4.69, 9.17) is 14.2 Å². The van der Waals surface area contributed by atoms with Crippen molar-refractivity contribution in [2.75, 3.05) is 38.2 Å². The maximum Gasteiger partial charge on any atom is 0.408 e. The molecule has 0 aliphatic carbocycles. The van der Waals surface area contributed by atoms with Crippen molar-refractivity contribution in [2.24, 2.45) is 11.8 Å². The molecule has 0 saturated carbocycles. The number of halogens is 1. The van der Waals surface area contributed by atoms with Crippen molar-refractivity contribution in [1.29, 1.82) is 0 Å². The van der Waals surface area contributed by atoms with Gasteiger partial charge in [0.25, 0.3) is 0 Å². The van der Waals surface area contributed by atoms with Crippen LogP contribution >= 0.6 is 0 Å². The molecule has 1 saturated heterocycles. The highest BCUT2D eigenvalue weighted by molar-refractivity contribution is 5.76. The van der Waals surface area contributed by atoms with Crippen LogP contribution in [-0.4, -0.2) is 89.4 Å². The highest BCUT2D eigenvalue weighted by Crippen LogP contribution is 2.27. The molecule has 3 aromatic rings. The number of aliphatic hydroxyl groups excluding tert-OH is 1. The highest BCUT2D eigenvalue weighted by Gasteiger charge is 2.28. The molecule has 1 fully saturated rings. The van der Waals surface area contributed by atoms with Gasteiger partial charge >= 0.3 is 12.1 Å². The summed E-state index contributed by atoms with van der Waals surface area (Å²) in [5, 5.41) is 17.6. The summed E-state index contributed by atoms with van der Waals surface area (Å²) >= 11 is 0. The summed E-state index contributed by atoms with van der Waals surface area (Å²) in [6, 6.07) is 13.9. The smallest absolute Gasteiger partial charge is 0.408 e. The number of benzene rings is 2. The van der Waals surface area contributed by atoms with Gasteiger partial charge in [-0.1, -0.05) is 38.1 Å². The third-order valence-electron chi connectivity index (χ3n) is 9.70. The molecule has 0 unspecified atom stereocenters. The summed E-state index contributed by atoms with van der Waals surface area (Å²) in [5.74, 6) is -0.745. The third-order valence-corrected chi connectivity index (χ3v) is 9.70. The number of rotatable bonds is 9. The van der Waals surface area contributed by atoms with E-state index in [0.717, 1.165) is 11.3 Å². The Bertz CT molecular complexity index is 1740. The van der Waals surface area contributed by atoms with Gasteiger partial charge in [0.1, 0.15) is 30.3 Å². The number of nitrogens with one attached hydrogen (secondary N) is 1. The Morgan fingerprint density at radius 1 is 1.08 bits per heavy atom. The Kier molecular flexibility index (Phi) is 13.7. The molecule has 2 aromatic carbocycles. The van der Waals surface area contributed by atoms with Crippen LogP contribution in [0.2, 0.25) is 0 Å². The lowest BCUT2D eigenvalue weighted by Gasteiger charge is -2.36. The van der Waals surface area contributed by atoms with Crippen molar-refractivity contribution in [3.8, 4) is 5.75 Å². The second-order valence-corrected chi connectivity index (χ2v) is 13.8. The Balaban J connectivity index is 1.27. The summed E-state index contributed by atoms with van der Waals surface area (Å²) in [4.78, 5) is 42.5. The van der Waals surface area contributed by atoms with Gasteiger partial charge in [-0.15, -0.1) is 0 Å². The molecule has 5 atom stereocenters. The second kappa shape index (κ2) is 18.5. The molecule has 12 nitrogen and oxygen atoms in total. The van der Waals surface area contributed by atoms with Crippen molar-refractivity contribution in [3.63, 3.8) is 0 Å². The number of hydrogen-bond donors (Lipinski definition) is 2. The van der Waals surface area contributed by atoms with Crippen LogP contribution in [0, 0.1) is 17.7 Å². The van der Waals surface area contributed by atoms with E-state index in [9.17, 15) is 19.5 Å². The number of anilines is 1. The Morgan fingerprint density at radius 3 is 2.53 bits per heavy atom. The first-order chi connectivity index (χ1) is 25.5. The van der Waals surface area contributed by atoms with Gasteiger partial charge in [0.15, 0.2) is 0 Å². The average Bonchev–Trinajstić information content (AvgIpc) is 3.66. The van der Waals surface area contributed by atoms with Crippen molar-refractivity contribution >= 4 is 29.7 Å². The van der Waals surface area contributed by atoms with E-state index in [1.807, 2.05) is 68.2 Å². The summed E-state index contributed by atoms with van der Waals surface area (Å²) < 4.78 is 33.6. The predicted molar refractivity (Wildman–Crippen MR) is 198 cm³/mol. The monoisotopic (exact) mass is 731 g/mol. The van der Waals surface area contributed by atoms with Crippen LogP contribution in [0.25, 0.3) is 6.08 Å². The van der Waals surface area contributed by atoms with Crippen LogP contribution in [0.15, 0.2) is 78.6 Å². The van der Waals surface area contributed by atoms with Crippen LogP contribution in [0.5, 0.6) is 5.75 Å². The van der Waals surface area contributed by atoms with Crippen molar-refractivity contribution in [1.82, 2.24) is 20.0 Å². The van der Waals surface area contributed by atoms with Gasteiger partial charge < -0.3 is 34.4 Å². The molecule has 284 valence electrons. The molecule has 0 bridgehead atoms. The van der Waals surface area contributed by atoms with Gasteiger partial charge in [-0.3, -0.25) is 14.3 Å². The lowest BCUT2D eigenvalue weighted by molar-refractivity contribution is -0.151. The molecular weight excluding hydrogens is 681 g/mol. The van der Waals surface area contributed by atoms with Gasteiger partial charge in [0, 0.05) is 56.7 Å². The number of methoxy groups -OCH3 is 1. The predicted octanol–water partition coefficient (Wildman–Crippen LogP) is 5.36. The summed E-state index contributed by atoms with van der Waals surface area (Å²) in [6.45, 7) is 8.19. The van der Waals surface area contributed by atoms with E-state index < -0.39 is 36.2 Å².